The standard InChI is InChI=1S/C21H27NO2/c1-4-19(20(5-2)16-11-13-18(23)14-12-16)15-7-9-17(10-8-15)21(22)24-6-3/h7-14,19-20,22-23H,4-6H2,1-3H3/t19-,20+/m0/s1. The average Bonchev–Trinajstić information content (AvgIpc) is 2.61. The van der Waals surface area contributed by atoms with Gasteiger partial charge in [-0.2, -0.15) is 0 Å². The molecule has 3 nitrogen and oxygen atoms in total. The fraction of sp³-hybridized carbons (Fsp3) is 0.381. The zero-order valence-corrected chi connectivity index (χ0v) is 14.8. The van der Waals surface area contributed by atoms with Crippen LogP contribution in [0.3, 0.4) is 0 Å². The molecule has 0 radical (unpaired) electrons. The molecule has 0 saturated carbocycles. The Morgan fingerprint density at radius 3 is 1.75 bits per heavy atom. The third-order valence-corrected chi connectivity index (χ3v) is 4.58. The summed E-state index contributed by atoms with van der Waals surface area (Å²) in [5.74, 6) is 1.35. The molecule has 0 bridgehead atoms. The molecule has 3 heteroatoms. The van der Waals surface area contributed by atoms with Crippen LogP contribution in [-0.4, -0.2) is 17.6 Å². The summed E-state index contributed by atoms with van der Waals surface area (Å²) in [5.41, 5.74) is 3.35. The van der Waals surface area contributed by atoms with Gasteiger partial charge in [0.1, 0.15) is 5.75 Å². The molecular formula is C21H27NO2. The van der Waals surface area contributed by atoms with E-state index < -0.39 is 0 Å². The van der Waals surface area contributed by atoms with E-state index in [-0.39, 0.29) is 5.90 Å². The van der Waals surface area contributed by atoms with Crippen LogP contribution in [0.15, 0.2) is 48.5 Å². The van der Waals surface area contributed by atoms with Crippen LogP contribution in [0.4, 0.5) is 0 Å². The van der Waals surface area contributed by atoms with Gasteiger partial charge in [0, 0.05) is 5.56 Å². The van der Waals surface area contributed by atoms with E-state index in [0.29, 0.717) is 24.2 Å². The van der Waals surface area contributed by atoms with Gasteiger partial charge in [0.05, 0.1) is 6.61 Å². The van der Waals surface area contributed by atoms with Crippen LogP contribution in [0.1, 0.15) is 62.1 Å². The van der Waals surface area contributed by atoms with Crippen LogP contribution >= 0.6 is 0 Å². The van der Waals surface area contributed by atoms with Gasteiger partial charge in [0.2, 0.25) is 5.90 Å². The fourth-order valence-corrected chi connectivity index (χ4v) is 3.34. The Morgan fingerprint density at radius 1 is 0.875 bits per heavy atom. The molecular weight excluding hydrogens is 298 g/mol. The molecule has 2 atom stereocenters. The molecule has 2 N–H and O–H groups in total. The summed E-state index contributed by atoms with van der Waals surface area (Å²) in [6.45, 7) is 6.82. The topological polar surface area (TPSA) is 53.3 Å². The Balaban J connectivity index is 2.25. The number of nitrogens with one attached hydrogen (secondary N) is 1. The van der Waals surface area contributed by atoms with Gasteiger partial charge in [-0.25, -0.2) is 0 Å². The molecule has 0 aliphatic rings. The average molecular weight is 325 g/mol. The van der Waals surface area contributed by atoms with Crippen LogP contribution < -0.4 is 0 Å². The first-order valence-electron chi connectivity index (χ1n) is 8.71. The second kappa shape index (κ2) is 8.53. The van der Waals surface area contributed by atoms with Crippen LogP contribution in [0, 0.1) is 5.41 Å². The van der Waals surface area contributed by atoms with Crippen molar-refractivity contribution in [2.75, 3.05) is 6.61 Å². The highest BCUT2D eigenvalue weighted by Crippen LogP contribution is 2.38. The Morgan fingerprint density at radius 2 is 1.33 bits per heavy atom. The number of phenolic OH excluding ortho intramolecular Hbond substituents is 1. The first-order valence-corrected chi connectivity index (χ1v) is 8.71. The molecule has 0 saturated heterocycles. The van der Waals surface area contributed by atoms with Gasteiger partial charge in [-0.05, 0) is 67.0 Å². The smallest absolute Gasteiger partial charge is 0.213 e. The van der Waals surface area contributed by atoms with E-state index in [2.05, 4.69) is 26.0 Å². The van der Waals surface area contributed by atoms with E-state index in [9.17, 15) is 5.11 Å². The second-order valence-electron chi connectivity index (χ2n) is 6.01. The van der Waals surface area contributed by atoms with Crippen LogP contribution in [0.25, 0.3) is 0 Å². The van der Waals surface area contributed by atoms with Crippen molar-refractivity contribution in [3.05, 3.63) is 65.2 Å². The maximum atomic E-state index is 9.52. The minimum Gasteiger partial charge on any atom is -0.508 e. The van der Waals surface area contributed by atoms with E-state index >= 15 is 0 Å². The molecule has 0 aromatic heterocycles. The first-order chi connectivity index (χ1) is 11.6. The molecule has 0 heterocycles. The Hall–Kier alpha value is -2.29. The number of ether oxygens (including phenoxy) is 1. The summed E-state index contributed by atoms with van der Waals surface area (Å²) in [5, 5.41) is 17.4. The third-order valence-electron chi connectivity index (χ3n) is 4.58. The monoisotopic (exact) mass is 325 g/mol. The van der Waals surface area contributed by atoms with Crippen LogP contribution in [0.2, 0.25) is 0 Å². The highest BCUT2D eigenvalue weighted by molar-refractivity contribution is 5.91. The lowest BCUT2D eigenvalue weighted by Gasteiger charge is -2.26. The summed E-state index contributed by atoms with van der Waals surface area (Å²) < 4.78 is 5.26. The lowest BCUT2D eigenvalue weighted by molar-refractivity contribution is 0.325. The molecule has 2 rings (SSSR count). The maximum Gasteiger partial charge on any atom is 0.213 e. The summed E-state index contributed by atoms with van der Waals surface area (Å²) >= 11 is 0. The third kappa shape index (κ3) is 4.16. The molecule has 2 aromatic carbocycles. The van der Waals surface area contributed by atoms with Gasteiger partial charge in [-0.3, -0.25) is 5.41 Å². The summed E-state index contributed by atoms with van der Waals surface area (Å²) in [7, 11) is 0. The summed E-state index contributed by atoms with van der Waals surface area (Å²) in [4.78, 5) is 0. The fourth-order valence-electron chi connectivity index (χ4n) is 3.34. The zero-order valence-electron chi connectivity index (χ0n) is 14.8. The van der Waals surface area contributed by atoms with Gasteiger partial charge in [0.15, 0.2) is 0 Å². The van der Waals surface area contributed by atoms with Crippen molar-refractivity contribution < 1.29 is 9.84 Å². The molecule has 128 valence electrons. The highest BCUT2D eigenvalue weighted by atomic mass is 16.5. The van der Waals surface area contributed by atoms with E-state index in [1.54, 1.807) is 12.1 Å². The minimum absolute atomic E-state index is 0.225. The largest absolute Gasteiger partial charge is 0.508 e. The lowest BCUT2D eigenvalue weighted by Crippen LogP contribution is -2.11. The molecule has 0 aliphatic carbocycles. The summed E-state index contributed by atoms with van der Waals surface area (Å²) in [6, 6.07) is 15.7. The molecule has 2 aromatic rings. The summed E-state index contributed by atoms with van der Waals surface area (Å²) in [6.07, 6.45) is 2.08. The normalized spacial score (nSPS) is 13.3. The number of benzene rings is 2. The quantitative estimate of drug-likeness (QED) is 0.526. The number of hydrogen-bond donors (Lipinski definition) is 2. The van der Waals surface area contributed by atoms with Crippen molar-refractivity contribution in [1.29, 1.82) is 5.41 Å². The first kappa shape index (κ1) is 18.1. The maximum absolute atomic E-state index is 9.52. The van der Waals surface area contributed by atoms with Gasteiger partial charge < -0.3 is 9.84 Å². The van der Waals surface area contributed by atoms with E-state index in [1.165, 1.54) is 11.1 Å². The molecule has 0 spiro atoms. The molecule has 0 fully saturated rings. The molecule has 0 aliphatic heterocycles. The molecule has 0 unspecified atom stereocenters. The number of phenols is 1. The van der Waals surface area contributed by atoms with Crippen molar-refractivity contribution in [2.24, 2.45) is 0 Å². The van der Waals surface area contributed by atoms with Crippen molar-refractivity contribution in [3.8, 4) is 5.75 Å². The van der Waals surface area contributed by atoms with E-state index in [4.69, 9.17) is 10.1 Å². The predicted molar refractivity (Wildman–Crippen MR) is 99.1 cm³/mol. The Labute approximate surface area is 144 Å². The number of aromatic hydroxyl groups is 1. The van der Waals surface area contributed by atoms with Gasteiger partial charge >= 0.3 is 0 Å². The van der Waals surface area contributed by atoms with Crippen LogP contribution in [-0.2, 0) is 4.74 Å². The number of rotatable bonds is 7. The Bertz CT molecular complexity index is 647. The van der Waals surface area contributed by atoms with Gasteiger partial charge in [0.25, 0.3) is 0 Å². The van der Waals surface area contributed by atoms with Crippen molar-refractivity contribution in [1.82, 2.24) is 0 Å². The number of hydrogen-bond acceptors (Lipinski definition) is 3. The van der Waals surface area contributed by atoms with Crippen molar-refractivity contribution >= 4 is 5.90 Å². The SMILES string of the molecule is CCOC(=N)c1ccc([C@H](CC)[C@H](CC)c2ccc(O)cc2)cc1. The Kier molecular flexibility index (Phi) is 6.42. The van der Waals surface area contributed by atoms with Gasteiger partial charge in [-0.1, -0.05) is 38.1 Å². The second-order valence-corrected chi connectivity index (χ2v) is 6.01. The molecule has 0 amide bonds. The highest BCUT2D eigenvalue weighted by Gasteiger charge is 2.22. The van der Waals surface area contributed by atoms with Crippen LogP contribution in [0.5, 0.6) is 5.75 Å². The van der Waals surface area contributed by atoms with E-state index in [1.807, 2.05) is 31.2 Å². The molecule has 24 heavy (non-hydrogen) atoms. The lowest BCUT2D eigenvalue weighted by atomic mass is 9.78. The predicted octanol–water partition coefficient (Wildman–Crippen LogP) is 5.44. The van der Waals surface area contributed by atoms with Gasteiger partial charge in [-0.15, -0.1) is 0 Å². The van der Waals surface area contributed by atoms with Crippen molar-refractivity contribution in [3.63, 3.8) is 0 Å². The minimum atomic E-state index is 0.225. The van der Waals surface area contributed by atoms with Crippen molar-refractivity contribution in [2.45, 2.75) is 45.4 Å². The zero-order chi connectivity index (χ0) is 17.5. The van der Waals surface area contributed by atoms with E-state index in [0.717, 1.165) is 18.4 Å².